The van der Waals surface area contributed by atoms with Gasteiger partial charge in [0.15, 0.2) is 0 Å². The van der Waals surface area contributed by atoms with Gasteiger partial charge in [-0.1, -0.05) is 44.4 Å². The lowest BCUT2D eigenvalue weighted by Gasteiger charge is -2.13. The summed E-state index contributed by atoms with van der Waals surface area (Å²) in [5.41, 5.74) is -0.0911. The quantitative estimate of drug-likeness (QED) is 0.150. The van der Waals surface area contributed by atoms with Gasteiger partial charge >= 0.3 is 18.1 Å². The van der Waals surface area contributed by atoms with E-state index in [9.17, 15) is 22.8 Å². The number of hydrogen-bond donors (Lipinski definition) is 1. The molecule has 2 aromatic rings. The van der Waals surface area contributed by atoms with E-state index in [0.717, 1.165) is 37.8 Å². The van der Waals surface area contributed by atoms with Crippen molar-refractivity contribution in [2.75, 3.05) is 58.2 Å². The summed E-state index contributed by atoms with van der Waals surface area (Å²) in [5, 5.41) is 2.85. The molecule has 0 bridgehead atoms. The van der Waals surface area contributed by atoms with Gasteiger partial charge in [-0.15, -0.1) is 0 Å². The first-order valence-electron chi connectivity index (χ1n) is 13.4. The van der Waals surface area contributed by atoms with Gasteiger partial charge in [-0.2, -0.15) is 13.2 Å². The zero-order valence-electron chi connectivity index (χ0n) is 22.8. The first kappa shape index (κ1) is 33.1. The lowest BCUT2D eigenvalue weighted by Crippen LogP contribution is -2.15. The summed E-state index contributed by atoms with van der Waals surface area (Å²) in [5.74, 6) is -0.830. The van der Waals surface area contributed by atoms with E-state index in [2.05, 4.69) is 12.2 Å². The molecule has 2 rings (SSSR count). The Balaban J connectivity index is 1.53. The molecule has 0 aliphatic heterocycles. The number of carbonyl (C=O) groups excluding carboxylic acids is 2. The van der Waals surface area contributed by atoms with E-state index in [4.69, 9.17) is 23.7 Å². The Morgan fingerprint density at radius 3 is 2.02 bits per heavy atom. The summed E-state index contributed by atoms with van der Waals surface area (Å²) in [6.45, 7) is 4.14. The monoisotopic (exact) mass is 569 g/mol. The Kier molecular flexibility index (Phi) is 15.7. The Morgan fingerprint density at radius 1 is 0.750 bits per heavy atom. The molecule has 0 saturated heterocycles. The molecule has 11 heteroatoms. The van der Waals surface area contributed by atoms with Crippen LogP contribution in [0.15, 0.2) is 48.5 Å². The van der Waals surface area contributed by atoms with Crippen molar-refractivity contribution in [1.29, 1.82) is 0 Å². The number of rotatable bonds is 20. The molecule has 8 nitrogen and oxygen atoms in total. The number of benzene rings is 2. The molecule has 0 radical (unpaired) electrons. The molecule has 2 aromatic carbocycles. The first-order valence-corrected chi connectivity index (χ1v) is 13.4. The number of unbranched alkanes of at least 4 members (excludes halogenated alkanes) is 3. The van der Waals surface area contributed by atoms with Gasteiger partial charge in [-0.3, -0.25) is 4.79 Å². The molecule has 0 unspecified atom stereocenters. The van der Waals surface area contributed by atoms with Crippen LogP contribution in [0.5, 0.6) is 0 Å². The predicted molar refractivity (Wildman–Crippen MR) is 144 cm³/mol. The van der Waals surface area contributed by atoms with E-state index in [1.54, 1.807) is 18.2 Å². The summed E-state index contributed by atoms with van der Waals surface area (Å²) in [6, 6.07) is 11.1. The van der Waals surface area contributed by atoms with Gasteiger partial charge < -0.3 is 29.0 Å². The van der Waals surface area contributed by atoms with Crippen molar-refractivity contribution in [3.05, 3.63) is 59.7 Å². The predicted octanol–water partition coefficient (Wildman–Crippen LogP) is 6.17. The lowest BCUT2D eigenvalue weighted by atomic mass is 10.1. The summed E-state index contributed by atoms with van der Waals surface area (Å²) in [6.07, 6.45) is 0.105. The van der Waals surface area contributed by atoms with Crippen LogP contribution in [0.25, 0.3) is 0 Å². The van der Waals surface area contributed by atoms with E-state index in [-0.39, 0.29) is 37.0 Å². The molecule has 0 aliphatic carbocycles. The van der Waals surface area contributed by atoms with Gasteiger partial charge in [0.2, 0.25) is 0 Å². The SMILES string of the molecule is CCCCCCC(=O)OCCOCCOCCOCCOC(=O)c1ccccc1Nc1cccc(C(F)(F)F)c1. The van der Waals surface area contributed by atoms with Crippen LogP contribution < -0.4 is 5.32 Å². The number of alkyl halides is 3. The van der Waals surface area contributed by atoms with E-state index in [1.807, 2.05) is 0 Å². The number of anilines is 2. The maximum atomic E-state index is 13.0. The minimum Gasteiger partial charge on any atom is -0.463 e. The molecule has 0 fully saturated rings. The van der Waals surface area contributed by atoms with Crippen molar-refractivity contribution in [3.8, 4) is 0 Å². The standard InChI is InChI=1S/C29H38F3NO7/c1-2-3-4-5-13-27(34)39-20-18-37-16-14-36-15-17-38-19-21-40-28(35)25-11-6-7-12-26(25)33-24-10-8-9-23(22-24)29(30,31)32/h6-12,22,33H,2-5,13-21H2,1H3. The van der Waals surface area contributed by atoms with Gasteiger partial charge in [-0.05, 0) is 36.8 Å². The van der Waals surface area contributed by atoms with E-state index in [0.29, 0.717) is 45.1 Å². The van der Waals surface area contributed by atoms with Crippen LogP contribution in [0.1, 0.15) is 54.9 Å². The average Bonchev–Trinajstić information content (AvgIpc) is 2.93. The van der Waals surface area contributed by atoms with Crippen molar-refractivity contribution in [2.45, 2.75) is 45.2 Å². The molecular formula is C29H38F3NO7. The Labute approximate surface area is 233 Å². The van der Waals surface area contributed by atoms with E-state index >= 15 is 0 Å². The highest BCUT2D eigenvalue weighted by Gasteiger charge is 2.30. The van der Waals surface area contributed by atoms with Crippen LogP contribution in [-0.4, -0.2) is 64.8 Å². The van der Waals surface area contributed by atoms with Crippen molar-refractivity contribution < 1.29 is 46.4 Å². The molecule has 0 saturated carbocycles. The second-order valence-electron chi connectivity index (χ2n) is 8.75. The zero-order chi connectivity index (χ0) is 29.1. The molecule has 0 aliphatic rings. The number of nitrogens with one attached hydrogen (secondary N) is 1. The van der Waals surface area contributed by atoms with Gasteiger partial charge in [0, 0.05) is 12.1 Å². The third-order valence-electron chi connectivity index (χ3n) is 5.55. The molecule has 0 spiro atoms. The highest BCUT2D eigenvalue weighted by Crippen LogP contribution is 2.32. The van der Waals surface area contributed by atoms with Crippen LogP contribution in [0, 0.1) is 0 Å². The molecule has 0 atom stereocenters. The van der Waals surface area contributed by atoms with Crippen molar-refractivity contribution in [3.63, 3.8) is 0 Å². The van der Waals surface area contributed by atoms with Crippen LogP contribution in [0.4, 0.5) is 24.5 Å². The maximum absolute atomic E-state index is 13.0. The van der Waals surface area contributed by atoms with Crippen LogP contribution in [0.2, 0.25) is 0 Å². The highest BCUT2D eigenvalue weighted by molar-refractivity contribution is 5.96. The number of para-hydroxylation sites is 1. The molecule has 0 aromatic heterocycles. The second-order valence-corrected chi connectivity index (χ2v) is 8.75. The van der Waals surface area contributed by atoms with E-state index in [1.165, 1.54) is 18.2 Å². The van der Waals surface area contributed by atoms with Crippen LogP contribution in [-0.2, 0) is 34.7 Å². The van der Waals surface area contributed by atoms with Crippen molar-refractivity contribution in [1.82, 2.24) is 0 Å². The fraction of sp³-hybridized carbons (Fsp3) is 0.517. The number of carbonyl (C=O) groups is 2. The van der Waals surface area contributed by atoms with Crippen molar-refractivity contribution >= 4 is 23.3 Å². The molecule has 0 heterocycles. The minimum atomic E-state index is -4.47. The minimum absolute atomic E-state index is 0.00282. The number of hydrogen-bond acceptors (Lipinski definition) is 8. The number of halogens is 3. The van der Waals surface area contributed by atoms with Gasteiger partial charge in [0.25, 0.3) is 0 Å². The molecular weight excluding hydrogens is 531 g/mol. The maximum Gasteiger partial charge on any atom is 0.416 e. The van der Waals surface area contributed by atoms with Gasteiger partial charge in [-0.25, -0.2) is 4.79 Å². The number of esters is 2. The van der Waals surface area contributed by atoms with Gasteiger partial charge in [0.05, 0.1) is 56.5 Å². The van der Waals surface area contributed by atoms with Crippen LogP contribution in [0.3, 0.4) is 0 Å². The summed E-state index contributed by atoms with van der Waals surface area (Å²) in [7, 11) is 0. The van der Waals surface area contributed by atoms with Crippen LogP contribution >= 0.6 is 0 Å². The fourth-order valence-electron chi connectivity index (χ4n) is 3.49. The Hall–Kier alpha value is -3.15. The topological polar surface area (TPSA) is 92.3 Å². The number of ether oxygens (including phenoxy) is 5. The molecule has 1 N–H and O–H groups in total. The third kappa shape index (κ3) is 13.8. The fourth-order valence-corrected chi connectivity index (χ4v) is 3.49. The summed E-state index contributed by atoms with van der Waals surface area (Å²) < 4.78 is 65.4. The third-order valence-corrected chi connectivity index (χ3v) is 5.55. The van der Waals surface area contributed by atoms with Gasteiger partial charge in [0.1, 0.15) is 13.2 Å². The molecule has 40 heavy (non-hydrogen) atoms. The second kappa shape index (κ2) is 19.0. The molecule has 222 valence electrons. The average molecular weight is 570 g/mol. The smallest absolute Gasteiger partial charge is 0.416 e. The highest BCUT2D eigenvalue weighted by atomic mass is 19.4. The Morgan fingerprint density at radius 2 is 1.38 bits per heavy atom. The first-order chi connectivity index (χ1) is 19.3. The zero-order valence-corrected chi connectivity index (χ0v) is 22.8. The normalized spacial score (nSPS) is 11.3. The largest absolute Gasteiger partial charge is 0.463 e. The lowest BCUT2D eigenvalue weighted by molar-refractivity contribution is -0.145. The Bertz CT molecular complexity index is 1020. The van der Waals surface area contributed by atoms with E-state index < -0.39 is 17.7 Å². The van der Waals surface area contributed by atoms with Crippen molar-refractivity contribution in [2.24, 2.45) is 0 Å². The summed E-state index contributed by atoms with van der Waals surface area (Å²) in [4.78, 5) is 24.0. The summed E-state index contributed by atoms with van der Waals surface area (Å²) >= 11 is 0. The molecule has 0 amide bonds.